The molecule has 2 aromatic carbocycles. The molecule has 146 valence electrons. The molecule has 1 fully saturated rings. The monoisotopic (exact) mass is 384 g/mol. The molecule has 0 amide bonds. The van der Waals surface area contributed by atoms with E-state index in [9.17, 15) is 13.2 Å². The maximum absolute atomic E-state index is 12.7. The van der Waals surface area contributed by atoms with Gasteiger partial charge < -0.3 is 4.90 Å². The lowest BCUT2D eigenvalue weighted by molar-refractivity contribution is -0.137. The largest absolute Gasteiger partial charge is 0.416 e. The van der Waals surface area contributed by atoms with Gasteiger partial charge >= 0.3 is 6.18 Å². The molecule has 1 saturated heterocycles. The first-order valence-corrected chi connectivity index (χ1v) is 9.71. The molecule has 0 saturated carbocycles. The Bertz CT molecular complexity index is 964. The molecule has 0 spiro atoms. The highest BCUT2D eigenvalue weighted by Gasteiger charge is 2.30. The van der Waals surface area contributed by atoms with Crippen LogP contribution in [0.3, 0.4) is 0 Å². The third-order valence-electron chi connectivity index (χ3n) is 5.64. The topological polar surface area (TPSA) is 16.1 Å². The molecular weight excluding hydrogens is 361 g/mol. The zero-order valence-electron chi connectivity index (χ0n) is 15.8. The Balaban J connectivity index is 1.51. The smallest absolute Gasteiger partial charge is 0.300 e. The van der Waals surface area contributed by atoms with Crippen LogP contribution in [-0.2, 0) is 12.6 Å². The minimum atomic E-state index is -4.31. The number of likely N-dealkylation sites (tertiary alicyclic amines) is 1. The second-order valence-electron chi connectivity index (χ2n) is 7.56. The van der Waals surface area contributed by atoms with Crippen molar-refractivity contribution in [1.82, 2.24) is 9.88 Å². The molecule has 1 aliphatic rings. The Labute approximate surface area is 163 Å². The van der Waals surface area contributed by atoms with E-state index in [0.717, 1.165) is 52.8 Å². The first-order valence-electron chi connectivity index (χ1n) is 9.71. The van der Waals surface area contributed by atoms with Crippen LogP contribution in [0.5, 0.6) is 0 Å². The average molecular weight is 384 g/mol. The Morgan fingerprint density at radius 2 is 1.75 bits per heavy atom. The van der Waals surface area contributed by atoms with Crippen molar-refractivity contribution in [2.24, 2.45) is 0 Å². The fourth-order valence-corrected chi connectivity index (χ4v) is 3.92. The van der Waals surface area contributed by atoms with Gasteiger partial charge in [-0.25, -0.2) is 0 Å². The molecule has 2 heterocycles. The molecule has 1 aromatic heterocycles. The van der Waals surface area contributed by atoms with Crippen LogP contribution >= 0.6 is 0 Å². The zero-order valence-corrected chi connectivity index (χ0v) is 15.8. The molecule has 4 rings (SSSR count). The van der Waals surface area contributed by atoms with Crippen LogP contribution in [0.4, 0.5) is 13.2 Å². The van der Waals surface area contributed by atoms with E-state index in [4.69, 9.17) is 4.98 Å². The van der Waals surface area contributed by atoms with Crippen molar-refractivity contribution in [1.29, 1.82) is 0 Å². The molecule has 1 aliphatic heterocycles. The van der Waals surface area contributed by atoms with Crippen molar-refractivity contribution in [2.45, 2.75) is 38.4 Å². The lowest BCUT2D eigenvalue weighted by atomic mass is 10.0. The van der Waals surface area contributed by atoms with Crippen LogP contribution < -0.4 is 0 Å². The highest BCUT2D eigenvalue weighted by atomic mass is 19.4. The second kappa shape index (κ2) is 7.55. The Hall–Kier alpha value is -2.40. The number of pyridine rings is 1. The average Bonchev–Trinajstić information content (AvgIpc) is 3.10. The van der Waals surface area contributed by atoms with Crippen LogP contribution in [0.1, 0.15) is 31.0 Å². The van der Waals surface area contributed by atoms with Crippen LogP contribution in [-0.4, -0.2) is 29.0 Å². The van der Waals surface area contributed by atoms with E-state index >= 15 is 0 Å². The summed E-state index contributed by atoms with van der Waals surface area (Å²) < 4.78 is 38.2. The molecule has 0 aliphatic carbocycles. The maximum Gasteiger partial charge on any atom is 0.416 e. The lowest BCUT2D eigenvalue weighted by Crippen LogP contribution is -2.29. The Morgan fingerprint density at radius 3 is 2.43 bits per heavy atom. The van der Waals surface area contributed by atoms with Gasteiger partial charge in [-0.05, 0) is 67.8 Å². The number of nitrogens with zero attached hydrogens (tertiary/aromatic N) is 2. The number of rotatable bonds is 4. The molecule has 2 nitrogen and oxygen atoms in total. The molecule has 1 atom stereocenters. The van der Waals surface area contributed by atoms with Crippen molar-refractivity contribution in [2.75, 3.05) is 13.1 Å². The Kier molecular flexibility index (Phi) is 5.11. The summed E-state index contributed by atoms with van der Waals surface area (Å²) in [6.07, 6.45) is -0.826. The molecule has 0 bridgehead atoms. The predicted molar refractivity (Wildman–Crippen MR) is 106 cm³/mol. The van der Waals surface area contributed by atoms with Crippen LogP contribution in [0.2, 0.25) is 0 Å². The van der Waals surface area contributed by atoms with Crippen LogP contribution in [0, 0.1) is 0 Å². The van der Waals surface area contributed by atoms with E-state index in [2.05, 4.69) is 24.0 Å². The summed E-state index contributed by atoms with van der Waals surface area (Å²) in [5.74, 6) is 0. The number of halogens is 3. The third-order valence-corrected chi connectivity index (χ3v) is 5.64. The molecule has 28 heavy (non-hydrogen) atoms. The number of benzene rings is 2. The summed E-state index contributed by atoms with van der Waals surface area (Å²) >= 11 is 0. The van der Waals surface area contributed by atoms with Gasteiger partial charge in [-0.1, -0.05) is 24.3 Å². The number of alkyl halides is 3. The summed E-state index contributed by atoms with van der Waals surface area (Å²) in [7, 11) is 0. The van der Waals surface area contributed by atoms with Gasteiger partial charge in [0.05, 0.1) is 11.1 Å². The molecule has 0 radical (unpaired) electrons. The van der Waals surface area contributed by atoms with Crippen LogP contribution in [0.15, 0.2) is 54.6 Å². The van der Waals surface area contributed by atoms with Gasteiger partial charge in [-0.15, -0.1) is 0 Å². The minimum absolute atomic E-state index is 0.629. The molecular formula is C23H23F3N2. The van der Waals surface area contributed by atoms with Gasteiger partial charge in [0.15, 0.2) is 0 Å². The summed E-state index contributed by atoms with van der Waals surface area (Å²) in [4.78, 5) is 7.28. The number of fused-ring (bicyclic) bond motifs is 1. The highest BCUT2D eigenvalue weighted by Crippen LogP contribution is 2.31. The van der Waals surface area contributed by atoms with E-state index in [-0.39, 0.29) is 0 Å². The van der Waals surface area contributed by atoms with Crippen molar-refractivity contribution in [3.05, 3.63) is 65.9 Å². The molecule has 0 unspecified atom stereocenters. The number of hydrogen-bond donors (Lipinski definition) is 0. The summed E-state index contributed by atoms with van der Waals surface area (Å²) in [6, 6.07) is 15.9. The predicted octanol–water partition coefficient (Wildman–Crippen LogP) is 5.95. The van der Waals surface area contributed by atoms with Gasteiger partial charge in [-0.3, -0.25) is 4.98 Å². The zero-order chi connectivity index (χ0) is 19.7. The van der Waals surface area contributed by atoms with E-state index < -0.39 is 11.7 Å². The fraction of sp³-hybridized carbons (Fsp3) is 0.348. The van der Waals surface area contributed by atoms with Gasteiger partial charge in [-0.2, -0.15) is 13.2 Å². The highest BCUT2D eigenvalue weighted by molar-refractivity contribution is 5.84. The second-order valence-corrected chi connectivity index (χ2v) is 7.56. The first-order chi connectivity index (χ1) is 13.4. The molecule has 0 N–H and O–H groups in total. The van der Waals surface area contributed by atoms with Gasteiger partial charge in [0.25, 0.3) is 0 Å². The first kappa shape index (κ1) is 18.9. The summed E-state index contributed by atoms with van der Waals surface area (Å²) in [5, 5.41) is 0.996. The SMILES string of the molecule is C[C@H]1CCCN1CCc1ccc2cc(-c3ccc(C(F)(F)F)cc3)ccc2n1. The summed E-state index contributed by atoms with van der Waals surface area (Å²) in [6.45, 7) is 4.48. The van der Waals surface area contributed by atoms with Crippen molar-refractivity contribution in [3.63, 3.8) is 0 Å². The van der Waals surface area contributed by atoms with Gasteiger partial charge in [0.1, 0.15) is 0 Å². The van der Waals surface area contributed by atoms with Crippen LogP contribution in [0.25, 0.3) is 22.0 Å². The minimum Gasteiger partial charge on any atom is -0.300 e. The maximum atomic E-state index is 12.7. The quantitative estimate of drug-likeness (QED) is 0.553. The van der Waals surface area contributed by atoms with E-state index in [1.807, 2.05) is 18.2 Å². The number of hydrogen-bond acceptors (Lipinski definition) is 2. The number of aromatic nitrogens is 1. The van der Waals surface area contributed by atoms with E-state index in [1.165, 1.54) is 31.5 Å². The fourth-order valence-electron chi connectivity index (χ4n) is 3.92. The third kappa shape index (κ3) is 4.04. The van der Waals surface area contributed by atoms with Crippen molar-refractivity contribution in [3.8, 4) is 11.1 Å². The van der Waals surface area contributed by atoms with Gasteiger partial charge in [0, 0.05) is 30.1 Å². The van der Waals surface area contributed by atoms with E-state index in [0.29, 0.717) is 6.04 Å². The molecule has 5 heteroatoms. The summed E-state index contributed by atoms with van der Waals surface area (Å²) in [5.41, 5.74) is 3.02. The van der Waals surface area contributed by atoms with Crippen molar-refractivity contribution < 1.29 is 13.2 Å². The van der Waals surface area contributed by atoms with E-state index in [1.54, 1.807) is 0 Å². The Morgan fingerprint density at radius 1 is 1.00 bits per heavy atom. The molecule has 3 aromatic rings. The van der Waals surface area contributed by atoms with Gasteiger partial charge in [0.2, 0.25) is 0 Å². The lowest BCUT2D eigenvalue weighted by Gasteiger charge is -2.20. The van der Waals surface area contributed by atoms with Crippen molar-refractivity contribution >= 4 is 10.9 Å². The normalized spacial score (nSPS) is 18.1. The standard InChI is InChI=1S/C23H23F3N2/c1-16-3-2-13-28(16)14-12-21-10-6-19-15-18(7-11-22(19)27-21)17-4-8-20(9-5-17)23(24,25)26/h4-11,15-16H,2-3,12-14H2,1H3/t16-/m0/s1.